The van der Waals surface area contributed by atoms with E-state index in [2.05, 4.69) is 5.32 Å². The maximum atomic E-state index is 10.9. The van der Waals surface area contributed by atoms with Gasteiger partial charge in [0.15, 0.2) is 0 Å². The molecule has 1 atom stereocenters. The summed E-state index contributed by atoms with van der Waals surface area (Å²) in [5.41, 5.74) is 7.57. The fourth-order valence-electron chi connectivity index (χ4n) is 1.69. The number of benzene rings is 1. The van der Waals surface area contributed by atoms with Crippen molar-refractivity contribution in [1.29, 1.82) is 0 Å². The molecular formula is C13H18N2O3. The second-order valence-electron chi connectivity index (χ2n) is 4.20. The number of amides is 1. The Morgan fingerprint density at radius 3 is 2.78 bits per heavy atom. The SMILES string of the molecule is CC(=O)Nc1cccc(C(N)CCCC(=O)O)c1. The van der Waals surface area contributed by atoms with Crippen molar-refractivity contribution in [2.75, 3.05) is 5.32 Å². The van der Waals surface area contributed by atoms with Crippen molar-refractivity contribution in [3.8, 4) is 0 Å². The van der Waals surface area contributed by atoms with E-state index >= 15 is 0 Å². The summed E-state index contributed by atoms with van der Waals surface area (Å²) >= 11 is 0. The van der Waals surface area contributed by atoms with Crippen LogP contribution in [0.5, 0.6) is 0 Å². The predicted octanol–water partition coefficient (Wildman–Crippen LogP) is 1.90. The lowest BCUT2D eigenvalue weighted by Gasteiger charge is -2.12. The van der Waals surface area contributed by atoms with Gasteiger partial charge in [-0.2, -0.15) is 0 Å². The Bertz CT molecular complexity index is 432. The number of anilines is 1. The molecule has 0 aliphatic carbocycles. The quantitative estimate of drug-likeness (QED) is 0.719. The third-order valence-electron chi connectivity index (χ3n) is 2.54. The fraction of sp³-hybridized carbons (Fsp3) is 0.385. The van der Waals surface area contributed by atoms with Gasteiger partial charge in [-0.3, -0.25) is 9.59 Å². The molecule has 1 aromatic carbocycles. The van der Waals surface area contributed by atoms with E-state index in [0.717, 1.165) is 5.56 Å². The zero-order valence-corrected chi connectivity index (χ0v) is 10.3. The van der Waals surface area contributed by atoms with Gasteiger partial charge in [0, 0.05) is 25.1 Å². The van der Waals surface area contributed by atoms with Crippen LogP contribution in [-0.4, -0.2) is 17.0 Å². The van der Waals surface area contributed by atoms with E-state index in [-0.39, 0.29) is 18.4 Å². The van der Waals surface area contributed by atoms with E-state index in [9.17, 15) is 9.59 Å². The topological polar surface area (TPSA) is 92.4 Å². The molecule has 4 N–H and O–H groups in total. The van der Waals surface area contributed by atoms with Crippen LogP contribution in [0.3, 0.4) is 0 Å². The zero-order valence-electron chi connectivity index (χ0n) is 10.3. The summed E-state index contributed by atoms with van der Waals surface area (Å²) in [6, 6.07) is 7.08. The lowest BCUT2D eigenvalue weighted by molar-refractivity contribution is -0.137. The Morgan fingerprint density at radius 2 is 2.17 bits per heavy atom. The average Bonchev–Trinajstić information content (AvgIpc) is 2.27. The molecule has 5 nitrogen and oxygen atoms in total. The molecule has 1 aromatic rings. The molecule has 0 aliphatic heterocycles. The molecule has 0 spiro atoms. The van der Waals surface area contributed by atoms with Gasteiger partial charge in [-0.15, -0.1) is 0 Å². The first-order valence-corrected chi connectivity index (χ1v) is 5.84. The van der Waals surface area contributed by atoms with Crippen LogP contribution in [-0.2, 0) is 9.59 Å². The van der Waals surface area contributed by atoms with Crippen molar-refractivity contribution in [3.05, 3.63) is 29.8 Å². The van der Waals surface area contributed by atoms with Gasteiger partial charge in [0.05, 0.1) is 0 Å². The van der Waals surface area contributed by atoms with Gasteiger partial charge in [0.1, 0.15) is 0 Å². The van der Waals surface area contributed by atoms with E-state index in [0.29, 0.717) is 18.5 Å². The van der Waals surface area contributed by atoms with Crippen LogP contribution in [0.1, 0.15) is 37.8 Å². The van der Waals surface area contributed by atoms with Crippen LogP contribution >= 0.6 is 0 Å². The molecule has 0 radical (unpaired) electrons. The molecule has 0 aliphatic rings. The van der Waals surface area contributed by atoms with Crippen LogP contribution in [0.15, 0.2) is 24.3 Å². The van der Waals surface area contributed by atoms with Crippen molar-refractivity contribution in [2.45, 2.75) is 32.2 Å². The van der Waals surface area contributed by atoms with Gasteiger partial charge in [-0.05, 0) is 30.5 Å². The molecule has 0 heterocycles. The fourth-order valence-corrected chi connectivity index (χ4v) is 1.69. The van der Waals surface area contributed by atoms with Gasteiger partial charge in [-0.1, -0.05) is 12.1 Å². The monoisotopic (exact) mass is 250 g/mol. The number of carboxylic acids is 1. The lowest BCUT2D eigenvalue weighted by Crippen LogP contribution is -2.12. The molecule has 98 valence electrons. The molecule has 1 amide bonds. The average molecular weight is 250 g/mol. The Labute approximate surface area is 106 Å². The summed E-state index contributed by atoms with van der Waals surface area (Å²) in [6.45, 7) is 1.44. The summed E-state index contributed by atoms with van der Waals surface area (Å²) in [5, 5.41) is 11.2. The van der Waals surface area contributed by atoms with Gasteiger partial charge in [0.25, 0.3) is 0 Å². The van der Waals surface area contributed by atoms with E-state index in [1.54, 1.807) is 6.07 Å². The normalized spacial score (nSPS) is 11.9. The highest BCUT2D eigenvalue weighted by Gasteiger charge is 2.08. The van der Waals surface area contributed by atoms with E-state index in [4.69, 9.17) is 10.8 Å². The molecule has 1 unspecified atom stereocenters. The Kier molecular flexibility index (Phi) is 5.32. The summed E-state index contributed by atoms with van der Waals surface area (Å²) < 4.78 is 0. The highest BCUT2D eigenvalue weighted by Crippen LogP contribution is 2.20. The largest absolute Gasteiger partial charge is 0.481 e. The number of carbonyl (C=O) groups excluding carboxylic acids is 1. The van der Waals surface area contributed by atoms with E-state index < -0.39 is 5.97 Å². The van der Waals surface area contributed by atoms with Gasteiger partial charge in [-0.25, -0.2) is 0 Å². The minimum Gasteiger partial charge on any atom is -0.481 e. The van der Waals surface area contributed by atoms with Gasteiger partial charge >= 0.3 is 5.97 Å². The smallest absolute Gasteiger partial charge is 0.303 e. The third kappa shape index (κ3) is 4.97. The first-order valence-electron chi connectivity index (χ1n) is 5.84. The molecule has 0 saturated carbocycles. The van der Waals surface area contributed by atoms with Crippen LogP contribution in [0.2, 0.25) is 0 Å². The number of aliphatic carboxylic acids is 1. The van der Waals surface area contributed by atoms with Crippen LogP contribution in [0.4, 0.5) is 5.69 Å². The molecule has 5 heteroatoms. The minimum absolute atomic E-state index is 0.124. The number of nitrogens with two attached hydrogens (primary N) is 1. The van der Waals surface area contributed by atoms with Crippen LogP contribution < -0.4 is 11.1 Å². The Morgan fingerprint density at radius 1 is 1.44 bits per heavy atom. The second kappa shape index (κ2) is 6.76. The maximum Gasteiger partial charge on any atom is 0.303 e. The highest BCUT2D eigenvalue weighted by atomic mass is 16.4. The Balaban J connectivity index is 2.59. The van der Waals surface area contributed by atoms with Crippen molar-refractivity contribution >= 4 is 17.6 Å². The number of hydrogen-bond acceptors (Lipinski definition) is 3. The molecule has 0 saturated heterocycles. The number of carbonyl (C=O) groups is 2. The van der Waals surface area contributed by atoms with Crippen molar-refractivity contribution in [3.63, 3.8) is 0 Å². The highest BCUT2D eigenvalue weighted by molar-refractivity contribution is 5.88. The first kappa shape index (κ1) is 14.2. The molecule has 0 bridgehead atoms. The summed E-state index contributed by atoms with van der Waals surface area (Å²) in [5.74, 6) is -0.944. The zero-order chi connectivity index (χ0) is 13.5. The standard InChI is InChI=1S/C13H18N2O3/c1-9(16)15-11-5-2-4-10(8-11)12(14)6-3-7-13(17)18/h2,4-5,8,12H,3,6-7,14H2,1H3,(H,15,16)(H,17,18). The summed E-state index contributed by atoms with van der Waals surface area (Å²) in [4.78, 5) is 21.3. The molecule has 18 heavy (non-hydrogen) atoms. The van der Waals surface area contributed by atoms with Crippen LogP contribution in [0.25, 0.3) is 0 Å². The second-order valence-corrected chi connectivity index (χ2v) is 4.20. The number of rotatable bonds is 6. The number of nitrogens with one attached hydrogen (secondary N) is 1. The van der Waals surface area contributed by atoms with Crippen molar-refractivity contribution < 1.29 is 14.7 Å². The predicted molar refractivity (Wildman–Crippen MR) is 69.2 cm³/mol. The van der Waals surface area contributed by atoms with Gasteiger partial charge in [0.2, 0.25) is 5.91 Å². The van der Waals surface area contributed by atoms with Crippen molar-refractivity contribution in [1.82, 2.24) is 0 Å². The number of carboxylic acid groups (broad SMARTS) is 1. The molecule has 0 fully saturated rings. The first-order chi connectivity index (χ1) is 8.49. The molecule has 1 rings (SSSR count). The molecule has 0 aromatic heterocycles. The van der Waals surface area contributed by atoms with E-state index in [1.807, 2.05) is 18.2 Å². The van der Waals surface area contributed by atoms with Crippen molar-refractivity contribution in [2.24, 2.45) is 5.73 Å². The van der Waals surface area contributed by atoms with Gasteiger partial charge < -0.3 is 16.2 Å². The summed E-state index contributed by atoms with van der Waals surface area (Å²) in [6.07, 6.45) is 1.27. The summed E-state index contributed by atoms with van der Waals surface area (Å²) in [7, 11) is 0. The third-order valence-corrected chi connectivity index (χ3v) is 2.54. The Hall–Kier alpha value is -1.88. The lowest BCUT2D eigenvalue weighted by atomic mass is 10.0. The van der Waals surface area contributed by atoms with Crippen LogP contribution in [0, 0.1) is 0 Å². The number of hydrogen-bond donors (Lipinski definition) is 3. The molecular weight excluding hydrogens is 232 g/mol. The minimum atomic E-state index is -0.811. The van der Waals surface area contributed by atoms with E-state index in [1.165, 1.54) is 6.92 Å². The maximum absolute atomic E-state index is 10.9.